The van der Waals surface area contributed by atoms with Gasteiger partial charge in [0.2, 0.25) is 0 Å². The molecule has 18 heavy (non-hydrogen) atoms. The number of carbonyl (C=O) groups excluding carboxylic acids is 1. The zero-order valence-corrected chi connectivity index (χ0v) is 9.23. The van der Waals surface area contributed by atoms with Crippen LogP contribution >= 0.6 is 0 Å². The van der Waals surface area contributed by atoms with Gasteiger partial charge in [-0.25, -0.2) is 4.79 Å². The minimum absolute atomic E-state index is 0.109. The first-order chi connectivity index (χ1) is 8.27. The fourth-order valence-electron chi connectivity index (χ4n) is 1.21. The molecular weight excluding hydrogens is 254 g/mol. The lowest BCUT2D eigenvalue weighted by Crippen LogP contribution is -2.32. The number of esters is 1. The molecule has 2 N–H and O–H groups in total. The quantitative estimate of drug-likeness (QED) is 0.590. The second-order valence-electron chi connectivity index (χ2n) is 3.26. The molecule has 0 spiro atoms. The van der Waals surface area contributed by atoms with Gasteiger partial charge in [0.15, 0.2) is 5.69 Å². The van der Waals surface area contributed by atoms with Crippen molar-refractivity contribution in [3.05, 3.63) is 23.5 Å². The highest BCUT2D eigenvalue weighted by Crippen LogP contribution is 2.30. The second kappa shape index (κ2) is 5.36. The molecule has 0 aliphatic heterocycles. The van der Waals surface area contributed by atoms with Crippen LogP contribution in [0.25, 0.3) is 0 Å². The first-order valence-corrected chi connectivity index (χ1v) is 4.87. The van der Waals surface area contributed by atoms with Gasteiger partial charge in [-0.05, 0) is 13.0 Å². The maximum absolute atomic E-state index is 12.6. The number of nitrogens with zero attached hydrogens (tertiary/aromatic N) is 1. The van der Waals surface area contributed by atoms with Gasteiger partial charge in [0.1, 0.15) is 0 Å². The van der Waals surface area contributed by atoms with Crippen molar-refractivity contribution in [3.63, 3.8) is 0 Å². The van der Waals surface area contributed by atoms with Crippen molar-refractivity contribution in [3.8, 4) is 0 Å². The SMILES string of the molecule is CCOC(=O)c1cc(B(O)O)cnc1C(F)(F)F. The molecular formula is C9H9BF3NO4. The molecule has 1 aromatic rings. The predicted molar refractivity (Wildman–Crippen MR) is 55.0 cm³/mol. The van der Waals surface area contributed by atoms with Gasteiger partial charge in [-0.3, -0.25) is 4.98 Å². The minimum Gasteiger partial charge on any atom is -0.462 e. The van der Waals surface area contributed by atoms with Crippen LogP contribution in [0, 0.1) is 0 Å². The van der Waals surface area contributed by atoms with E-state index in [-0.39, 0.29) is 12.1 Å². The van der Waals surface area contributed by atoms with Crippen LogP contribution in [0.1, 0.15) is 23.0 Å². The molecule has 0 aliphatic rings. The van der Waals surface area contributed by atoms with Gasteiger partial charge in [-0.1, -0.05) is 0 Å². The van der Waals surface area contributed by atoms with Gasteiger partial charge in [-0.2, -0.15) is 13.2 Å². The molecule has 0 saturated carbocycles. The summed E-state index contributed by atoms with van der Waals surface area (Å²) in [4.78, 5) is 14.4. The highest BCUT2D eigenvalue weighted by Gasteiger charge is 2.38. The van der Waals surface area contributed by atoms with E-state index >= 15 is 0 Å². The summed E-state index contributed by atoms with van der Waals surface area (Å²) >= 11 is 0. The predicted octanol–water partition coefficient (Wildman–Crippen LogP) is -0.0431. The van der Waals surface area contributed by atoms with Gasteiger partial charge in [0.05, 0.1) is 12.2 Å². The third-order valence-corrected chi connectivity index (χ3v) is 1.97. The molecule has 0 fully saturated rings. The Hall–Kier alpha value is -1.61. The number of alkyl halides is 3. The molecule has 0 aromatic carbocycles. The van der Waals surface area contributed by atoms with E-state index in [1.165, 1.54) is 6.92 Å². The number of ether oxygens (including phenoxy) is 1. The van der Waals surface area contributed by atoms with E-state index in [1.54, 1.807) is 0 Å². The third kappa shape index (κ3) is 3.20. The Kier molecular flexibility index (Phi) is 4.30. The van der Waals surface area contributed by atoms with E-state index in [2.05, 4.69) is 9.72 Å². The van der Waals surface area contributed by atoms with Crippen molar-refractivity contribution in [2.75, 3.05) is 6.61 Å². The summed E-state index contributed by atoms with van der Waals surface area (Å²) in [5.74, 6) is -1.22. The lowest BCUT2D eigenvalue weighted by Gasteiger charge is -2.12. The molecule has 9 heteroatoms. The van der Waals surface area contributed by atoms with E-state index in [1.807, 2.05) is 0 Å². The average Bonchev–Trinajstić information content (AvgIpc) is 2.27. The number of aromatic nitrogens is 1. The second-order valence-corrected chi connectivity index (χ2v) is 3.26. The van der Waals surface area contributed by atoms with Crippen LogP contribution in [-0.2, 0) is 10.9 Å². The molecule has 1 heterocycles. The monoisotopic (exact) mass is 263 g/mol. The van der Waals surface area contributed by atoms with E-state index < -0.39 is 30.5 Å². The van der Waals surface area contributed by atoms with Crippen molar-refractivity contribution in [2.45, 2.75) is 13.1 Å². The smallest absolute Gasteiger partial charge is 0.462 e. The lowest BCUT2D eigenvalue weighted by atomic mass is 9.80. The van der Waals surface area contributed by atoms with Gasteiger partial charge in [0, 0.05) is 11.7 Å². The zero-order chi connectivity index (χ0) is 13.9. The fourth-order valence-corrected chi connectivity index (χ4v) is 1.21. The number of pyridine rings is 1. The third-order valence-electron chi connectivity index (χ3n) is 1.97. The summed E-state index contributed by atoms with van der Waals surface area (Å²) in [5.41, 5.74) is -2.61. The standard InChI is InChI=1S/C9H9BF3NO4/c1-2-18-8(15)6-3-5(10(16)17)4-14-7(6)9(11,12)13/h3-4,16-17H,2H2,1H3. The largest absolute Gasteiger partial charge is 0.490 e. The number of hydrogen-bond donors (Lipinski definition) is 2. The Morgan fingerprint density at radius 1 is 1.50 bits per heavy atom. The van der Waals surface area contributed by atoms with Crippen molar-refractivity contribution >= 4 is 18.6 Å². The molecule has 0 atom stereocenters. The summed E-state index contributed by atoms with van der Waals surface area (Å²) in [6.07, 6.45) is -4.20. The molecule has 1 rings (SSSR count). The molecule has 5 nitrogen and oxygen atoms in total. The molecule has 0 radical (unpaired) electrons. The van der Waals surface area contributed by atoms with Crippen LogP contribution in [-0.4, -0.2) is 34.7 Å². The van der Waals surface area contributed by atoms with E-state index in [4.69, 9.17) is 10.0 Å². The molecule has 0 unspecified atom stereocenters. The maximum atomic E-state index is 12.6. The summed E-state index contributed by atoms with van der Waals surface area (Å²) < 4.78 is 42.2. The highest BCUT2D eigenvalue weighted by molar-refractivity contribution is 6.58. The Balaban J connectivity index is 3.31. The normalized spacial score (nSPS) is 11.2. The van der Waals surface area contributed by atoms with Gasteiger partial charge < -0.3 is 14.8 Å². The van der Waals surface area contributed by atoms with Crippen LogP contribution in [0.3, 0.4) is 0 Å². The lowest BCUT2D eigenvalue weighted by molar-refractivity contribution is -0.141. The van der Waals surface area contributed by atoms with E-state index in [9.17, 15) is 18.0 Å². The number of halogens is 3. The molecule has 0 saturated heterocycles. The van der Waals surface area contributed by atoms with Crippen LogP contribution < -0.4 is 5.46 Å². The van der Waals surface area contributed by atoms with E-state index in [0.717, 1.165) is 0 Å². The first-order valence-electron chi connectivity index (χ1n) is 4.87. The van der Waals surface area contributed by atoms with Crippen molar-refractivity contribution in [1.82, 2.24) is 4.98 Å². The number of carbonyl (C=O) groups is 1. The Labute approximate surface area is 100 Å². The van der Waals surface area contributed by atoms with Crippen LogP contribution in [0.2, 0.25) is 0 Å². The van der Waals surface area contributed by atoms with Gasteiger partial charge in [-0.15, -0.1) is 0 Å². The molecule has 0 aliphatic carbocycles. The Morgan fingerprint density at radius 3 is 2.56 bits per heavy atom. The van der Waals surface area contributed by atoms with Crippen molar-refractivity contribution in [1.29, 1.82) is 0 Å². The van der Waals surface area contributed by atoms with Crippen LogP contribution in [0.15, 0.2) is 12.3 Å². The van der Waals surface area contributed by atoms with Gasteiger partial charge in [0.25, 0.3) is 0 Å². The van der Waals surface area contributed by atoms with Crippen molar-refractivity contribution < 1.29 is 32.8 Å². The summed E-state index contributed by atoms with van der Waals surface area (Å²) in [7, 11) is -2.02. The summed E-state index contributed by atoms with van der Waals surface area (Å²) in [5, 5.41) is 17.7. The van der Waals surface area contributed by atoms with Crippen LogP contribution in [0.5, 0.6) is 0 Å². The summed E-state index contributed by atoms with van der Waals surface area (Å²) in [6, 6.07) is 0.693. The minimum atomic E-state index is -4.83. The maximum Gasteiger partial charge on any atom is 0.490 e. The molecule has 1 aromatic heterocycles. The number of hydrogen-bond acceptors (Lipinski definition) is 5. The molecule has 0 amide bonds. The topological polar surface area (TPSA) is 79.7 Å². The first kappa shape index (κ1) is 14.5. The fraction of sp³-hybridized carbons (Fsp3) is 0.333. The van der Waals surface area contributed by atoms with Crippen molar-refractivity contribution in [2.24, 2.45) is 0 Å². The molecule has 98 valence electrons. The Bertz CT molecular complexity index is 450. The van der Waals surface area contributed by atoms with Crippen LogP contribution in [0.4, 0.5) is 13.2 Å². The number of rotatable bonds is 3. The van der Waals surface area contributed by atoms with Gasteiger partial charge >= 0.3 is 19.3 Å². The Morgan fingerprint density at radius 2 is 2.11 bits per heavy atom. The van der Waals surface area contributed by atoms with E-state index in [0.29, 0.717) is 12.3 Å². The molecule has 0 bridgehead atoms. The average molecular weight is 263 g/mol. The highest BCUT2D eigenvalue weighted by atomic mass is 19.4. The summed E-state index contributed by atoms with van der Waals surface area (Å²) in [6.45, 7) is 1.32. The zero-order valence-electron chi connectivity index (χ0n) is 9.23.